The van der Waals surface area contributed by atoms with E-state index in [2.05, 4.69) is 20.8 Å². The first kappa shape index (κ1) is 16.2. The maximum absolute atomic E-state index is 11.8. The van der Waals surface area contributed by atoms with Crippen molar-refractivity contribution in [3.8, 4) is 22.2 Å². The van der Waals surface area contributed by atoms with Crippen LogP contribution in [0.25, 0.3) is 22.2 Å². The normalized spacial score (nSPS) is 10.8. The molecule has 0 saturated heterocycles. The van der Waals surface area contributed by atoms with Crippen molar-refractivity contribution in [2.24, 2.45) is 0 Å². The Morgan fingerprint density at radius 2 is 2.08 bits per heavy atom. The van der Waals surface area contributed by atoms with Gasteiger partial charge in [0.2, 0.25) is 5.82 Å². The van der Waals surface area contributed by atoms with Crippen LogP contribution >= 0.6 is 11.3 Å². The fourth-order valence-corrected chi connectivity index (χ4v) is 2.94. The number of hydrogen-bond acceptors (Lipinski definition) is 5. The number of hydrogen-bond donors (Lipinski definition) is 2. The van der Waals surface area contributed by atoms with Gasteiger partial charge >= 0.3 is 6.03 Å². The number of carbonyl (C=O) groups is 1. The maximum Gasteiger partial charge on any atom is 0.319 e. The summed E-state index contributed by atoms with van der Waals surface area (Å²) >= 11 is 1.61. The average molecular weight is 342 g/mol. The first-order valence-corrected chi connectivity index (χ1v) is 8.41. The summed E-state index contributed by atoms with van der Waals surface area (Å²) in [6.45, 7) is 5.84. The third-order valence-corrected chi connectivity index (χ3v) is 4.16. The predicted octanol–water partition coefficient (Wildman–Crippen LogP) is 4.30. The third kappa shape index (κ3) is 3.80. The van der Waals surface area contributed by atoms with Crippen molar-refractivity contribution in [1.29, 1.82) is 0 Å². The van der Waals surface area contributed by atoms with E-state index >= 15 is 0 Å². The topological polar surface area (TPSA) is 80.0 Å². The van der Waals surface area contributed by atoms with Gasteiger partial charge in [0.1, 0.15) is 0 Å². The van der Waals surface area contributed by atoms with E-state index in [9.17, 15) is 4.79 Å². The Balaban J connectivity index is 1.79. The van der Waals surface area contributed by atoms with E-state index in [1.54, 1.807) is 11.3 Å². The van der Waals surface area contributed by atoms with E-state index in [-0.39, 0.29) is 12.1 Å². The van der Waals surface area contributed by atoms with Gasteiger partial charge < -0.3 is 15.2 Å². The number of rotatable bonds is 4. The first-order chi connectivity index (χ1) is 11.5. The second kappa shape index (κ2) is 6.84. The molecular weight excluding hydrogens is 324 g/mol. The number of thiophene rings is 1. The van der Waals surface area contributed by atoms with Crippen LogP contribution in [0.4, 0.5) is 10.5 Å². The van der Waals surface area contributed by atoms with Gasteiger partial charge in [0.15, 0.2) is 0 Å². The summed E-state index contributed by atoms with van der Waals surface area (Å²) in [7, 11) is 0. The fourth-order valence-electron chi connectivity index (χ4n) is 2.16. The number of aromatic nitrogens is 2. The van der Waals surface area contributed by atoms with E-state index in [0.29, 0.717) is 17.4 Å². The molecule has 3 rings (SSSR count). The fraction of sp³-hybridized carbons (Fsp3) is 0.235. The molecule has 2 heterocycles. The molecule has 2 N–H and O–H groups in total. The minimum atomic E-state index is -0.245. The molecule has 0 radical (unpaired) electrons. The summed E-state index contributed by atoms with van der Waals surface area (Å²) in [5.74, 6) is 0.989. The Bertz CT molecular complexity index is 854. The molecule has 0 spiro atoms. The SMILES string of the molecule is Cc1ccc(-c2nc(-c3cccc(NC(=O)NC(C)C)c3)no2)s1. The second-order valence-electron chi connectivity index (χ2n) is 5.67. The van der Waals surface area contributed by atoms with Crippen molar-refractivity contribution in [3.05, 3.63) is 41.3 Å². The quantitative estimate of drug-likeness (QED) is 0.740. The van der Waals surface area contributed by atoms with Crippen molar-refractivity contribution in [3.63, 3.8) is 0 Å². The van der Waals surface area contributed by atoms with Crippen molar-refractivity contribution in [2.45, 2.75) is 26.8 Å². The summed E-state index contributed by atoms with van der Waals surface area (Å²) < 4.78 is 5.34. The van der Waals surface area contributed by atoms with Gasteiger partial charge in [-0.1, -0.05) is 17.3 Å². The van der Waals surface area contributed by atoms with E-state index in [1.807, 2.05) is 57.2 Å². The molecule has 0 aliphatic rings. The van der Waals surface area contributed by atoms with Crippen molar-refractivity contribution in [1.82, 2.24) is 15.5 Å². The highest BCUT2D eigenvalue weighted by Crippen LogP contribution is 2.28. The van der Waals surface area contributed by atoms with Gasteiger partial charge in [-0.25, -0.2) is 4.79 Å². The number of nitrogens with zero attached hydrogens (tertiary/aromatic N) is 2. The molecule has 2 aromatic heterocycles. The Hall–Kier alpha value is -2.67. The summed E-state index contributed by atoms with van der Waals surface area (Å²) in [4.78, 5) is 18.4. The van der Waals surface area contributed by atoms with Crippen LogP contribution in [0, 0.1) is 6.92 Å². The molecular formula is C17H18N4O2S. The Morgan fingerprint density at radius 1 is 1.25 bits per heavy atom. The molecule has 2 amide bonds. The summed E-state index contributed by atoms with van der Waals surface area (Å²) in [6, 6.07) is 11.1. The van der Waals surface area contributed by atoms with Gasteiger partial charge in [-0.05, 0) is 45.0 Å². The molecule has 24 heavy (non-hydrogen) atoms. The molecule has 0 bridgehead atoms. The van der Waals surface area contributed by atoms with Crippen LogP contribution in [0.1, 0.15) is 18.7 Å². The van der Waals surface area contributed by atoms with Gasteiger partial charge in [-0.2, -0.15) is 4.98 Å². The second-order valence-corrected chi connectivity index (χ2v) is 6.96. The van der Waals surface area contributed by atoms with E-state index < -0.39 is 0 Å². The lowest BCUT2D eigenvalue weighted by Gasteiger charge is -2.10. The van der Waals surface area contributed by atoms with Crippen molar-refractivity contribution in [2.75, 3.05) is 5.32 Å². The van der Waals surface area contributed by atoms with E-state index in [0.717, 1.165) is 10.4 Å². The number of carbonyl (C=O) groups excluding carboxylic acids is 1. The highest BCUT2D eigenvalue weighted by atomic mass is 32.1. The number of aryl methyl sites for hydroxylation is 1. The lowest BCUT2D eigenvalue weighted by molar-refractivity contribution is 0.250. The zero-order valence-corrected chi connectivity index (χ0v) is 14.5. The zero-order chi connectivity index (χ0) is 17.1. The minimum absolute atomic E-state index is 0.0715. The Labute approximate surface area is 143 Å². The smallest absolute Gasteiger partial charge is 0.319 e. The van der Waals surface area contributed by atoms with Crippen LogP contribution in [0.15, 0.2) is 40.9 Å². The number of amides is 2. The molecule has 0 aliphatic heterocycles. The van der Waals surface area contributed by atoms with Crippen molar-refractivity contribution < 1.29 is 9.32 Å². The van der Waals surface area contributed by atoms with Gasteiger partial charge in [0.25, 0.3) is 5.89 Å². The van der Waals surface area contributed by atoms with Crippen LogP contribution in [0.3, 0.4) is 0 Å². The number of benzene rings is 1. The molecule has 0 saturated carbocycles. The lowest BCUT2D eigenvalue weighted by Crippen LogP contribution is -2.34. The molecule has 1 aromatic carbocycles. The highest BCUT2D eigenvalue weighted by molar-refractivity contribution is 7.15. The van der Waals surface area contributed by atoms with Gasteiger partial charge in [0, 0.05) is 22.2 Å². The first-order valence-electron chi connectivity index (χ1n) is 7.60. The molecule has 6 nitrogen and oxygen atoms in total. The van der Waals surface area contributed by atoms with Crippen LogP contribution in [-0.4, -0.2) is 22.2 Å². The number of anilines is 1. The monoisotopic (exact) mass is 342 g/mol. The van der Waals surface area contributed by atoms with Crippen LogP contribution in [0.5, 0.6) is 0 Å². The molecule has 3 aromatic rings. The van der Waals surface area contributed by atoms with Gasteiger partial charge in [-0.15, -0.1) is 11.3 Å². The molecule has 0 fully saturated rings. The number of nitrogens with one attached hydrogen (secondary N) is 2. The molecule has 0 aliphatic carbocycles. The summed E-state index contributed by atoms with van der Waals surface area (Å²) in [5, 5.41) is 9.60. The third-order valence-electron chi connectivity index (χ3n) is 3.18. The largest absolute Gasteiger partial charge is 0.336 e. The average Bonchev–Trinajstić information content (AvgIpc) is 3.15. The standard InChI is InChI=1S/C17H18N4O2S/c1-10(2)18-17(22)19-13-6-4-5-12(9-13)15-20-16(23-21-15)14-8-7-11(3)24-14/h4-10H,1-3H3,(H2,18,19,22). The van der Waals surface area contributed by atoms with Gasteiger partial charge in [0.05, 0.1) is 4.88 Å². The summed E-state index contributed by atoms with van der Waals surface area (Å²) in [5.41, 5.74) is 1.45. The molecule has 0 atom stereocenters. The maximum atomic E-state index is 11.8. The van der Waals surface area contributed by atoms with E-state index in [1.165, 1.54) is 4.88 Å². The Kier molecular flexibility index (Phi) is 4.61. The predicted molar refractivity (Wildman–Crippen MR) is 95.1 cm³/mol. The van der Waals surface area contributed by atoms with Crippen LogP contribution < -0.4 is 10.6 Å². The van der Waals surface area contributed by atoms with Crippen molar-refractivity contribution >= 4 is 23.1 Å². The molecule has 0 unspecified atom stereocenters. The lowest BCUT2D eigenvalue weighted by atomic mass is 10.2. The van der Waals surface area contributed by atoms with Gasteiger partial charge in [-0.3, -0.25) is 0 Å². The summed E-state index contributed by atoms with van der Waals surface area (Å²) in [6.07, 6.45) is 0. The Morgan fingerprint density at radius 3 is 2.79 bits per heavy atom. The highest BCUT2D eigenvalue weighted by Gasteiger charge is 2.13. The van der Waals surface area contributed by atoms with E-state index in [4.69, 9.17) is 4.52 Å². The minimum Gasteiger partial charge on any atom is -0.336 e. The molecule has 124 valence electrons. The number of urea groups is 1. The van der Waals surface area contributed by atoms with Crippen LogP contribution in [0.2, 0.25) is 0 Å². The molecule has 7 heteroatoms. The van der Waals surface area contributed by atoms with Crippen LogP contribution in [-0.2, 0) is 0 Å². The zero-order valence-electron chi connectivity index (χ0n) is 13.7.